The Bertz CT molecular complexity index is 398. The summed E-state index contributed by atoms with van der Waals surface area (Å²) in [5.74, 6) is -0.716. The first-order valence-corrected chi connectivity index (χ1v) is 8.33. The van der Waals surface area contributed by atoms with Crippen LogP contribution in [0.1, 0.15) is 20.8 Å². The third kappa shape index (κ3) is 5.08. The van der Waals surface area contributed by atoms with Crippen LogP contribution in [0.15, 0.2) is 0 Å². The number of aliphatic hydroxyl groups is 1. The molecule has 0 aromatic heterocycles. The number of hydrogen-bond acceptors (Lipinski definition) is 5. The summed E-state index contributed by atoms with van der Waals surface area (Å²) in [7, 11) is -3.32. The van der Waals surface area contributed by atoms with Gasteiger partial charge < -0.3 is 10.0 Å². The molecule has 0 spiro atoms. The van der Waals surface area contributed by atoms with Gasteiger partial charge in [-0.3, -0.25) is 9.69 Å². The van der Waals surface area contributed by atoms with Crippen molar-refractivity contribution >= 4 is 15.7 Å². The number of carbonyl (C=O) groups is 1. The van der Waals surface area contributed by atoms with Crippen LogP contribution in [-0.4, -0.2) is 79.1 Å². The summed E-state index contributed by atoms with van der Waals surface area (Å²) in [5.41, 5.74) is 0. The van der Waals surface area contributed by atoms with Crippen molar-refractivity contribution in [2.75, 3.05) is 38.5 Å². The molecule has 7 heteroatoms. The molecule has 6 nitrogen and oxygen atoms in total. The molecule has 19 heavy (non-hydrogen) atoms. The molecule has 0 unspecified atom stereocenters. The van der Waals surface area contributed by atoms with Crippen molar-refractivity contribution in [3.63, 3.8) is 0 Å². The Hall–Kier alpha value is -0.660. The van der Waals surface area contributed by atoms with Crippen LogP contribution < -0.4 is 0 Å². The number of β-amino-alcohol motifs (C(OH)–C–C–N with tert-alkyl or cyclic N) is 1. The van der Waals surface area contributed by atoms with E-state index in [2.05, 4.69) is 4.90 Å². The van der Waals surface area contributed by atoms with E-state index < -0.39 is 20.8 Å². The molecule has 1 amide bonds. The SMILES string of the molecule is CC(C)S(=O)(=O)CC(=O)N1CCN(C[C@H](C)O)CC1. The zero-order chi connectivity index (χ0) is 14.6. The van der Waals surface area contributed by atoms with Crippen LogP contribution in [0.4, 0.5) is 0 Å². The maximum absolute atomic E-state index is 11.9. The Morgan fingerprint density at radius 3 is 2.11 bits per heavy atom. The number of rotatable bonds is 5. The highest BCUT2D eigenvalue weighted by Gasteiger charge is 2.27. The second-order valence-corrected chi connectivity index (χ2v) is 7.94. The van der Waals surface area contributed by atoms with Crippen molar-refractivity contribution in [2.24, 2.45) is 0 Å². The van der Waals surface area contributed by atoms with Gasteiger partial charge in [0.1, 0.15) is 5.75 Å². The Kier molecular flexibility index (Phi) is 5.76. The van der Waals surface area contributed by atoms with Gasteiger partial charge in [0.25, 0.3) is 0 Å². The van der Waals surface area contributed by atoms with Gasteiger partial charge in [0.15, 0.2) is 9.84 Å². The molecule has 1 heterocycles. The molecule has 112 valence electrons. The predicted octanol–water partition coefficient (Wildman–Crippen LogP) is -0.665. The lowest BCUT2D eigenvalue weighted by atomic mass is 10.3. The maximum Gasteiger partial charge on any atom is 0.237 e. The largest absolute Gasteiger partial charge is 0.392 e. The fourth-order valence-electron chi connectivity index (χ4n) is 1.98. The highest BCUT2D eigenvalue weighted by Crippen LogP contribution is 2.07. The Labute approximate surface area is 115 Å². The van der Waals surface area contributed by atoms with E-state index in [1.165, 1.54) is 0 Å². The minimum atomic E-state index is -3.32. The summed E-state index contributed by atoms with van der Waals surface area (Å²) >= 11 is 0. The first kappa shape index (κ1) is 16.4. The summed E-state index contributed by atoms with van der Waals surface area (Å²) in [6, 6.07) is 0. The molecule has 1 atom stereocenters. The average Bonchev–Trinajstić information content (AvgIpc) is 2.28. The van der Waals surface area contributed by atoms with E-state index in [4.69, 9.17) is 0 Å². The Morgan fingerprint density at radius 1 is 1.16 bits per heavy atom. The molecule has 1 aliphatic heterocycles. The summed E-state index contributed by atoms with van der Waals surface area (Å²) in [5, 5.41) is 8.77. The van der Waals surface area contributed by atoms with Gasteiger partial charge in [-0.25, -0.2) is 8.42 Å². The summed E-state index contributed by atoms with van der Waals surface area (Å²) in [4.78, 5) is 15.6. The minimum Gasteiger partial charge on any atom is -0.392 e. The lowest BCUT2D eigenvalue weighted by molar-refractivity contribution is -0.130. The first-order chi connectivity index (χ1) is 8.72. The van der Waals surface area contributed by atoms with E-state index in [1.54, 1.807) is 25.7 Å². The van der Waals surface area contributed by atoms with Crippen LogP contribution in [0.2, 0.25) is 0 Å². The molecule has 0 saturated carbocycles. The molecule has 1 aliphatic rings. The van der Waals surface area contributed by atoms with Gasteiger partial charge in [0.05, 0.1) is 11.4 Å². The van der Waals surface area contributed by atoms with Gasteiger partial charge in [0, 0.05) is 32.7 Å². The van der Waals surface area contributed by atoms with Crippen molar-refractivity contribution in [1.29, 1.82) is 0 Å². The molecule has 1 N–H and O–H groups in total. The topological polar surface area (TPSA) is 77.9 Å². The van der Waals surface area contributed by atoms with Crippen molar-refractivity contribution in [2.45, 2.75) is 32.1 Å². The number of sulfone groups is 1. The van der Waals surface area contributed by atoms with Crippen LogP contribution in [0.25, 0.3) is 0 Å². The molecule has 0 aliphatic carbocycles. The minimum absolute atomic E-state index is 0.314. The molecule has 1 saturated heterocycles. The molecular formula is C12H24N2O4S. The molecule has 1 rings (SSSR count). The smallest absolute Gasteiger partial charge is 0.237 e. The lowest BCUT2D eigenvalue weighted by Gasteiger charge is -2.35. The summed E-state index contributed by atoms with van der Waals surface area (Å²) in [6.07, 6.45) is -0.386. The van der Waals surface area contributed by atoms with Crippen molar-refractivity contribution in [3.8, 4) is 0 Å². The summed E-state index contributed by atoms with van der Waals surface area (Å²) in [6.45, 7) is 7.90. The number of nitrogens with zero attached hydrogens (tertiary/aromatic N) is 2. The number of hydrogen-bond donors (Lipinski definition) is 1. The number of carbonyl (C=O) groups excluding carboxylic acids is 1. The molecule has 0 aromatic rings. The normalized spacial score (nSPS) is 19.7. The zero-order valence-electron chi connectivity index (χ0n) is 11.9. The quantitative estimate of drug-likeness (QED) is 0.727. The lowest BCUT2D eigenvalue weighted by Crippen LogP contribution is -2.51. The van der Waals surface area contributed by atoms with Gasteiger partial charge in [-0.15, -0.1) is 0 Å². The second kappa shape index (κ2) is 6.67. The van der Waals surface area contributed by atoms with Crippen LogP contribution in [0.3, 0.4) is 0 Å². The van der Waals surface area contributed by atoms with Gasteiger partial charge in [-0.2, -0.15) is 0 Å². The monoisotopic (exact) mass is 292 g/mol. The van der Waals surface area contributed by atoms with Gasteiger partial charge in [-0.1, -0.05) is 0 Å². The van der Waals surface area contributed by atoms with E-state index in [1.807, 2.05) is 0 Å². The van der Waals surface area contributed by atoms with E-state index in [9.17, 15) is 18.3 Å². The van der Waals surface area contributed by atoms with Crippen LogP contribution in [0.5, 0.6) is 0 Å². The first-order valence-electron chi connectivity index (χ1n) is 6.62. The van der Waals surface area contributed by atoms with Crippen LogP contribution in [0, 0.1) is 0 Å². The van der Waals surface area contributed by atoms with E-state index in [0.717, 1.165) is 0 Å². The fraction of sp³-hybridized carbons (Fsp3) is 0.917. The zero-order valence-corrected chi connectivity index (χ0v) is 12.7. The van der Waals surface area contributed by atoms with Crippen LogP contribution >= 0.6 is 0 Å². The average molecular weight is 292 g/mol. The number of aliphatic hydroxyl groups excluding tert-OH is 1. The third-order valence-electron chi connectivity index (χ3n) is 3.29. The van der Waals surface area contributed by atoms with E-state index in [-0.39, 0.29) is 12.0 Å². The molecule has 0 bridgehead atoms. The van der Waals surface area contributed by atoms with Crippen molar-refractivity contribution in [1.82, 2.24) is 9.80 Å². The highest BCUT2D eigenvalue weighted by molar-refractivity contribution is 7.92. The number of amides is 1. The molecular weight excluding hydrogens is 268 g/mol. The molecule has 0 radical (unpaired) electrons. The van der Waals surface area contributed by atoms with Crippen molar-refractivity contribution in [3.05, 3.63) is 0 Å². The fourth-order valence-corrected chi connectivity index (χ4v) is 2.84. The standard InChI is InChI=1S/C12H24N2O4S/c1-10(2)19(17,18)9-12(16)14-6-4-13(5-7-14)8-11(3)15/h10-11,15H,4-9H2,1-3H3/t11-/m0/s1. The second-order valence-electron chi connectivity index (χ2n) is 5.39. The van der Waals surface area contributed by atoms with Gasteiger partial charge in [-0.05, 0) is 20.8 Å². The maximum atomic E-state index is 11.9. The van der Waals surface area contributed by atoms with Crippen LogP contribution in [-0.2, 0) is 14.6 Å². The Morgan fingerprint density at radius 2 is 1.68 bits per heavy atom. The van der Waals surface area contributed by atoms with E-state index in [0.29, 0.717) is 32.7 Å². The highest BCUT2D eigenvalue weighted by atomic mass is 32.2. The Balaban J connectivity index is 2.45. The summed E-state index contributed by atoms with van der Waals surface area (Å²) < 4.78 is 23.4. The van der Waals surface area contributed by atoms with Crippen molar-refractivity contribution < 1.29 is 18.3 Å². The third-order valence-corrected chi connectivity index (χ3v) is 5.38. The van der Waals surface area contributed by atoms with E-state index >= 15 is 0 Å². The van der Waals surface area contributed by atoms with Gasteiger partial charge >= 0.3 is 0 Å². The van der Waals surface area contributed by atoms with Gasteiger partial charge in [0.2, 0.25) is 5.91 Å². The predicted molar refractivity (Wildman–Crippen MR) is 73.6 cm³/mol. The number of piperazine rings is 1. The molecule has 0 aromatic carbocycles. The molecule has 1 fully saturated rings.